The quantitative estimate of drug-likeness (QED) is 0.871. The Morgan fingerprint density at radius 2 is 1.95 bits per heavy atom. The fourth-order valence-corrected chi connectivity index (χ4v) is 3.50. The summed E-state index contributed by atoms with van der Waals surface area (Å²) in [5.74, 6) is 3.44. The second kappa shape index (κ2) is 7.43. The van der Waals surface area contributed by atoms with E-state index in [0.29, 0.717) is 18.9 Å². The van der Waals surface area contributed by atoms with Gasteiger partial charge in [-0.15, -0.1) is 0 Å². The number of benzene rings is 1. The van der Waals surface area contributed by atoms with Gasteiger partial charge in [-0.25, -0.2) is 0 Å². The molecule has 0 saturated carbocycles. The van der Waals surface area contributed by atoms with Crippen molar-refractivity contribution in [3.63, 3.8) is 0 Å². The lowest BCUT2D eigenvalue weighted by Crippen LogP contribution is -2.28. The van der Waals surface area contributed by atoms with Crippen LogP contribution in [0.3, 0.4) is 0 Å². The van der Waals surface area contributed by atoms with Gasteiger partial charge in [0.15, 0.2) is 0 Å². The molecule has 3 nitrogen and oxygen atoms in total. The average molecular weight is 279 g/mol. The van der Waals surface area contributed by atoms with Crippen molar-refractivity contribution in [1.29, 1.82) is 0 Å². The first-order valence-electron chi connectivity index (χ1n) is 6.86. The Kier molecular flexibility index (Phi) is 5.58. The molecule has 0 atom stereocenters. The molecule has 1 saturated heterocycles. The van der Waals surface area contributed by atoms with Crippen LogP contribution in [0.5, 0.6) is 5.75 Å². The number of hydrogen-bond acceptors (Lipinski definition) is 3. The summed E-state index contributed by atoms with van der Waals surface area (Å²) in [6.45, 7) is 0.672. The molecule has 1 heterocycles. The normalized spacial score (nSPS) is 16.2. The molecule has 1 aliphatic heterocycles. The molecule has 0 aliphatic carbocycles. The number of amides is 1. The third-order valence-corrected chi connectivity index (χ3v) is 4.54. The van der Waals surface area contributed by atoms with Gasteiger partial charge in [0.1, 0.15) is 5.75 Å². The topological polar surface area (TPSA) is 49.3 Å². The zero-order valence-electron chi connectivity index (χ0n) is 11.1. The van der Waals surface area contributed by atoms with Crippen LogP contribution in [0.2, 0.25) is 0 Å². The fourth-order valence-electron chi connectivity index (χ4n) is 2.29. The minimum absolute atomic E-state index is 0.177. The van der Waals surface area contributed by atoms with Gasteiger partial charge in [0.05, 0.1) is 0 Å². The summed E-state index contributed by atoms with van der Waals surface area (Å²) < 4.78 is 0. The minimum Gasteiger partial charge on any atom is -0.508 e. The van der Waals surface area contributed by atoms with Crippen molar-refractivity contribution in [2.24, 2.45) is 5.92 Å². The van der Waals surface area contributed by atoms with Crippen LogP contribution >= 0.6 is 11.8 Å². The molecule has 2 rings (SSSR count). The maximum absolute atomic E-state index is 11.8. The van der Waals surface area contributed by atoms with Gasteiger partial charge in [-0.1, -0.05) is 12.1 Å². The van der Waals surface area contributed by atoms with E-state index in [2.05, 4.69) is 5.32 Å². The molecule has 0 aromatic heterocycles. The number of phenolic OH excluding ortho intramolecular Hbond substituents is 1. The molecule has 2 N–H and O–H groups in total. The van der Waals surface area contributed by atoms with Crippen LogP contribution in [0.4, 0.5) is 0 Å². The van der Waals surface area contributed by atoms with Gasteiger partial charge in [0.2, 0.25) is 5.91 Å². The van der Waals surface area contributed by atoms with Gasteiger partial charge >= 0.3 is 0 Å². The van der Waals surface area contributed by atoms with Crippen molar-refractivity contribution >= 4 is 17.7 Å². The third-order valence-electron chi connectivity index (χ3n) is 3.49. The number of rotatable bonds is 5. The van der Waals surface area contributed by atoms with Crippen LogP contribution in [-0.2, 0) is 11.2 Å². The predicted molar refractivity (Wildman–Crippen MR) is 79.5 cm³/mol. The first-order chi connectivity index (χ1) is 9.24. The highest BCUT2D eigenvalue weighted by Gasteiger charge is 2.16. The lowest BCUT2D eigenvalue weighted by molar-refractivity contribution is -0.122. The van der Waals surface area contributed by atoms with Crippen LogP contribution in [0, 0.1) is 5.92 Å². The molecule has 104 valence electrons. The molecule has 4 heteroatoms. The van der Waals surface area contributed by atoms with E-state index in [4.69, 9.17) is 0 Å². The van der Waals surface area contributed by atoms with Crippen molar-refractivity contribution in [1.82, 2.24) is 5.32 Å². The number of nitrogens with one attached hydrogen (secondary N) is 1. The Labute approximate surface area is 118 Å². The second-order valence-corrected chi connectivity index (χ2v) is 6.25. The number of aromatic hydroxyl groups is 1. The summed E-state index contributed by atoms with van der Waals surface area (Å²) in [7, 11) is 0. The summed E-state index contributed by atoms with van der Waals surface area (Å²) in [6, 6.07) is 7.13. The molecule has 19 heavy (non-hydrogen) atoms. The zero-order valence-corrected chi connectivity index (χ0v) is 11.9. The minimum atomic E-state index is 0.177. The predicted octanol–water partition coefficient (Wildman–Crippen LogP) is 2.58. The standard InChI is InChI=1S/C15H21NO2S/c17-14-3-1-12(2-4-14)5-8-16-15(18)11-13-6-9-19-10-7-13/h1-4,13,17H,5-11H2,(H,16,18). The molecule has 1 amide bonds. The average Bonchev–Trinajstić information content (AvgIpc) is 2.42. The van der Waals surface area contributed by atoms with E-state index < -0.39 is 0 Å². The van der Waals surface area contributed by atoms with Crippen molar-refractivity contribution in [2.45, 2.75) is 25.7 Å². The molecule has 1 fully saturated rings. The molecule has 1 aliphatic rings. The van der Waals surface area contributed by atoms with E-state index in [1.807, 2.05) is 23.9 Å². The first-order valence-corrected chi connectivity index (χ1v) is 8.02. The van der Waals surface area contributed by atoms with Gasteiger partial charge in [0.25, 0.3) is 0 Å². The summed E-state index contributed by atoms with van der Waals surface area (Å²) >= 11 is 1.99. The van der Waals surface area contributed by atoms with Gasteiger partial charge in [-0.3, -0.25) is 4.79 Å². The van der Waals surface area contributed by atoms with E-state index >= 15 is 0 Å². The van der Waals surface area contributed by atoms with Crippen molar-refractivity contribution in [3.8, 4) is 5.75 Å². The van der Waals surface area contributed by atoms with Gasteiger partial charge < -0.3 is 10.4 Å². The lowest BCUT2D eigenvalue weighted by Gasteiger charge is -2.20. The monoisotopic (exact) mass is 279 g/mol. The largest absolute Gasteiger partial charge is 0.508 e. The van der Waals surface area contributed by atoms with Gasteiger partial charge in [-0.05, 0) is 54.4 Å². The Bertz CT molecular complexity index is 399. The van der Waals surface area contributed by atoms with Gasteiger partial charge in [-0.2, -0.15) is 11.8 Å². The SMILES string of the molecule is O=C(CC1CCSCC1)NCCc1ccc(O)cc1. The molecule has 1 aromatic rings. The lowest BCUT2D eigenvalue weighted by atomic mass is 9.98. The van der Waals surface area contributed by atoms with Crippen LogP contribution in [0.1, 0.15) is 24.8 Å². The highest BCUT2D eigenvalue weighted by Crippen LogP contribution is 2.24. The summed E-state index contributed by atoms with van der Waals surface area (Å²) in [5.41, 5.74) is 1.13. The van der Waals surface area contributed by atoms with E-state index in [0.717, 1.165) is 12.0 Å². The van der Waals surface area contributed by atoms with Crippen molar-refractivity contribution in [3.05, 3.63) is 29.8 Å². The van der Waals surface area contributed by atoms with Crippen LogP contribution < -0.4 is 5.32 Å². The number of carbonyl (C=O) groups is 1. The highest BCUT2D eigenvalue weighted by molar-refractivity contribution is 7.99. The van der Waals surface area contributed by atoms with Crippen LogP contribution in [0.15, 0.2) is 24.3 Å². The number of phenols is 1. The van der Waals surface area contributed by atoms with Gasteiger partial charge in [0, 0.05) is 13.0 Å². The van der Waals surface area contributed by atoms with E-state index in [-0.39, 0.29) is 11.7 Å². The molecular weight excluding hydrogens is 258 g/mol. The maximum atomic E-state index is 11.8. The molecular formula is C15H21NO2S. The Balaban J connectivity index is 1.64. The maximum Gasteiger partial charge on any atom is 0.220 e. The second-order valence-electron chi connectivity index (χ2n) is 5.03. The fraction of sp³-hybridized carbons (Fsp3) is 0.533. The number of thioether (sulfide) groups is 1. The zero-order chi connectivity index (χ0) is 13.5. The molecule has 0 unspecified atom stereocenters. The number of hydrogen-bond donors (Lipinski definition) is 2. The van der Waals surface area contributed by atoms with Crippen LogP contribution in [0.25, 0.3) is 0 Å². The Morgan fingerprint density at radius 1 is 1.26 bits per heavy atom. The Morgan fingerprint density at radius 3 is 2.63 bits per heavy atom. The summed E-state index contributed by atoms with van der Waals surface area (Å²) in [5, 5.41) is 12.2. The van der Waals surface area contributed by atoms with E-state index in [1.54, 1.807) is 12.1 Å². The third kappa shape index (κ3) is 5.15. The first kappa shape index (κ1) is 14.3. The van der Waals surface area contributed by atoms with Crippen molar-refractivity contribution in [2.75, 3.05) is 18.1 Å². The molecule has 1 aromatic carbocycles. The van der Waals surface area contributed by atoms with Crippen molar-refractivity contribution < 1.29 is 9.90 Å². The number of carbonyl (C=O) groups excluding carboxylic acids is 1. The molecule has 0 spiro atoms. The molecule has 0 radical (unpaired) electrons. The van der Waals surface area contributed by atoms with Crippen LogP contribution in [-0.4, -0.2) is 29.1 Å². The smallest absolute Gasteiger partial charge is 0.220 e. The highest BCUT2D eigenvalue weighted by atomic mass is 32.2. The Hall–Kier alpha value is -1.16. The summed E-state index contributed by atoms with van der Waals surface area (Å²) in [6.07, 6.45) is 3.84. The summed E-state index contributed by atoms with van der Waals surface area (Å²) in [4.78, 5) is 11.8. The van der Waals surface area contributed by atoms with E-state index in [9.17, 15) is 9.90 Å². The van der Waals surface area contributed by atoms with E-state index in [1.165, 1.54) is 24.3 Å². The molecule has 0 bridgehead atoms.